The van der Waals surface area contributed by atoms with Crippen molar-refractivity contribution < 1.29 is 5.11 Å². The van der Waals surface area contributed by atoms with Gasteiger partial charge < -0.3 is 5.11 Å². The molecule has 3 fully saturated rings. The van der Waals surface area contributed by atoms with Gasteiger partial charge in [0.15, 0.2) is 0 Å². The second-order valence-corrected chi connectivity index (χ2v) is 12.4. The first-order valence-electron chi connectivity index (χ1n) is 13.1. The quantitative estimate of drug-likeness (QED) is 0.454. The molecular weight excluding hydrogens is 352 g/mol. The first-order chi connectivity index (χ1) is 13.8. The van der Waals surface area contributed by atoms with Crippen LogP contribution in [-0.2, 0) is 0 Å². The zero-order valence-electron chi connectivity index (χ0n) is 20.1. The molecule has 4 unspecified atom stereocenters. The number of allylic oxidation sites excluding steroid dienone is 2. The summed E-state index contributed by atoms with van der Waals surface area (Å²) >= 11 is 0. The molecule has 3 saturated carbocycles. The SMILES string of the molecule is CC(CO)C(C)CCC(C)[C@H]1CC[C@H]2C3=CCC4CCCC[C@]4(C)[C@H]3CC[C@]12C. The van der Waals surface area contributed by atoms with Crippen LogP contribution in [0.15, 0.2) is 11.6 Å². The van der Waals surface area contributed by atoms with E-state index in [0.717, 1.165) is 29.6 Å². The van der Waals surface area contributed by atoms with Gasteiger partial charge in [0.2, 0.25) is 0 Å². The minimum atomic E-state index is 0.341. The number of hydrogen-bond donors (Lipinski definition) is 1. The molecular formula is C28H48O. The number of hydrogen-bond acceptors (Lipinski definition) is 1. The van der Waals surface area contributed by atoms with Crippen molar-refractivity contribution >= 4 is 0 Å². The maximum absolute atomic E-state index is 9.48. The van der Waals surface area contributed by atoms with Crippen LogP contribution in [0.3, 0.4) is 0 Å². The fraction of sp³-hybridized carbons (Fsp3) is 0.929. The van der Waals surface area contributed by atoms with E-state index in [1.807, 2.05) is 5.57 Å². The summed E-state index contributed by atoms with van der Waals surface area (Å²) in [5.74, 6) is 5.58. The van der Waals surface area contributed by atoms with Gasteiger partial charge in [0.05, 0.1) is 0 Å². The van der Waals surface area contributed by atoms with Gasteiger partial charge in [-0.2, -0.15) is 0 Å². The number of aliphatic hydroxyl groups is 1. The van der Waals surface area contributed by atoms with E-state index in [0.29, 0.717) is 29.3 Å². The molecule has 0 heterocycles. The lowest BCUT2D eigenvalue weighted by Crippen LogP contribution is -2.48. The lowest BCUT2D eigenvalue weighted by atomic mass is 9.48. The number of rotatable bonds is 6. The lowest BCUT2D eigenvalue weighted by Gasteiger charge is -2.57. The van der Waals surface area contributed by atoms with Gasteiger partial charge in [-0.25, -0.2) is 0 Å². The maximum Gasteiger partial charge on any atom is 0.0459 e. The molecule has 0 aromatic rings. The molecule has 166 valence electrons. The van der Waals surface area contributed by atoms with Crippen molar-refractivity contribution in [3.8, 4) is 0 Å². The van der Waals surface area contributed by atoms with Crippen LogP contribution in [0.4, 0.5) is 0 Å². The summed E-state index contributed by atoms with van der Waals surface area (Å²) in [6, 6.07) is 0. The van der Waals surface area contributed by atoms with E-state index in [9.17, 15) is 5.11 Å². The van der Waals surface area contributed by atoms with Crippen LogP contribution in [0.5, 0.6) is 0 Å². The molecule has 0 radical (unpaired) electrons. The van der Waals surface area contributed by atoms with E-state index in [2.05, 4.69) is 40.7 Å². The van der Waals surface area contributed by atoms with Gasteiger partial charge in [-0.15, -0.1) is 0 Å². The summed E-state index contributed by atoms with van der Waals surface area (Å²) in [6.45, 7) is 12.8. The summed E-state index contributed by atoms with van der Waals surface area (Å²) in [4.78, 5) is 0. The molecule has 0 aromatic heterocycles. The summed E-state index contributed by atoms with van der Waals surface area (Å²) in [7, 11) is 0. The van der Waals surface area contributed by atoms with Gasteiger partial charge in [-0.05, 0) is 97.2 Å². The summed E-state index contributed by atoms with van der Waals surface area (Å²) < 4.78 is 0. The van der Waals surface area contributed by atoms with E-state index in [4.69, 9.17) is 0 Å². The molecule has 1 nitrogen and oxygen atoms in total. The normalized spacial score (nSPS) is 44.8. The molecule has 0 bridgehead atoms. The smallest absolute Gasteiger partial charge is 0.0459 e. The third kappa shape index (κ3) is 3.66. The first-order valence-corrected chi connectivity index (χ1v) is 13.1. The Hall–Kier alpha value is -0.300. The highest BCUT2D eigenvalue weighted by atomic mass is 16.3. The predicted octanol–water partition coefficient (Wildman–Crippen LogP) is 7.64. The van der Waals surface area contributed by atoms with Crippen molar-refractivity contribution in [3.05, 3.63) is 11.6 Å². The van der Waals surface area contributed by atoms with Gasteiger partial charge in [-0.1, -0.05) is 72.0 Å². The zero-order chi connectivity index (χ0) is 20.8. The maximum atomic E-state index is 9.48. The standard InChI is InChI=1S/C28H48O/c1-19(21(3)18-29)9-10-20(2)24-13-14-25-23-12-11-22-8-6-7-16-27(22,4)26(23)15-17-28(24,25)5/h12,19-22,24-26,29H,6-11,13-18H2,1-5H3/t19?,20?,21?,22?,24-,25+,26+,27+,28-/m1/s1. The third-order valence-electron chi connectivity index (χ3n) is 11.1. The Morgan fingerprint density at radius 3 is 2.41 bits per heavy atom. The van der Waals surface area contributed by atoms with Crippen LogP contribution < -0.4 is 0 Å². The molecule has 0 spiro atoms. The van der Waals surface area contributed by atoms with Crippen LogP contribution in [0.2, 0.25) is 0 Å². The number of fused-ring (bicyclic) bond motifs is 5. The molecule has 1 heteroatoms. The Kier molecular flexibility index (Phi) is 6.29. The Morgan fingerprint density at radius 1 is 0.897 bits per heavy atom. The zero-order valence-corrected chi connectivity index (χ0v) is 20.1. The Balaban J connectivity index is 1.47. The first kappa shape index (κ1) is 21.9. The van der Waals surface area contributed by atoms with E-state index < -0.39 is 0 Å². The van der Waals surface area contributed by atoms with Crippen molar-refractivity contribution in [2.24, 2.45) is 52.3 Å². The Bertz CT molecular complexity index is 607. The highest BCUT2D eigenvalue weighted by molar-refractivity contribution is 5.27. The van der Waals surface area contributed by atoms with Crippen molar-refractivity contribution in [2.45, 2.75) is 105 Å². The topological polar surface area (TPSA) is 20.2 Å². The average molecular weight is 401 g/mol. The van der Waals surface area contributed by atoms with Gasteiger partial charge in [0, 0.05) is 6.61 Å². The van der Waals surface area contributed by atoms with Crippen LogP contribution >= 0.6 is 0 Å². The number of aliphatic hydroxyl groups excluding tert-OH is 1. The van der Waals surface area contributed by atoms with E-state index >= 15 is 0 Å². The fourth-order valence-corrected chi connectivity index (χ4v) is 8.71. The van der Waals surface area contributed by atoms with Crippen molar-refractivity contribution in [1.82, 2.24) is 0 Å². The summed E-state index contributed by atoms with van der Waals surface area (Å²) in [6.07, 6.45) is 18.6. The van der Waals surface area contributed by atoms with Crippen LogP contribution in [0.25, 0.3) is 0 Å². The predicted molar refractivity (Wildman–Crippen MR) is 124 cm³/mol. The van der Waals surface area contributed by atoms with E-state index in [1.54, 1.807) is 0 Å². The summed E-state index contributed by atoms with van der Waals surface area (Å²) in [5, 5.41) is 9.48. The lowest BCUT2D eigenvalue weighted by molar-refractivity contribution is -0.00835. The van der Waals surface area contributed by atoms with Gasteiger partial charge in [0.1, 0.15) is 0 Å². The fourth-order valence-electron chi connectivity index (χ4n) is 8.71. The second-order valence-electron chi connectivity index (χ2n) is 12.4. The summed E-state index contributed by atoms with van der Waals surface area (Å²) in [5.41, 5.74) is 3.09. The molecule has 0 aliphatic heterocycles. The van der Waals surface area contributed by atoms with E-state index in [1.165, 1.54) is 70.6 Å². The largest absolute Gasteiger partial charge is 0.396 e. The van der Waals surface area contributed by atoms with Crippen LogP contribution in [0, 0.1) is 52.3 Å². The van der Waals surface area contributed by atoms with Gasteiger partial charge >= 0.3 is 0 Å². The van der Waals surface area contributed by atoms with E-state index in [-0.39, 0.29) is 0 Å². The minimum absolute atomic E-state index is 0.341. The van der Waals surface area contributed by atoms with Gasteiger partial charge in [-0.3, -0.25) is 0 Å². The van der Waals surface area contributed by atoms with Gasteiger partial charge in [0.25, 0.3) is 0 Å². The highest BCUT2D eigenvalue weighted by Crippen LogP contribution is 2.66. The molecule has 0 aromatic carbocycles. The highest BCUT2D eigenvalue weighted by Gasteiger charge is 2.57. The van der Waals surface area contributed by atoms with Crippen LogP contribution in [0.1, 0.15) is 105 Å². The molecule has 4 aliphatic rings. The Labute approximate surface area is 181 Å². The molecule has 1 N–H and O–H groups in total. The molecule has 4 rings (SSSR count). The minimum Gasteiger partial charge on any atom is -0.396 e. The van der Waals surface area contributed by atoms with Crippen molar-refractivity contribution in [3.63, 3.8) is 0 Å². The van der Waals surface area contributed by atoms with Crippen LogP contribution in [-0.4, -0.2) is 11.7 Å². The molecule has 4 aliphatic carbocycles. The average Bonchev–Trinajstić information content (AvgIpc) is 3.08. The van der Waals surface area contributed by atoms with Crippen molar-refractivity contribution in [2.75, 3.05) is 6.61 Å². The monoisotopic (exact) mass is 400 g/mol. The molecule has 29 heavy (non-hydrogen) atoms. The molecule has 0 amide bonds. The Morgan fingerprint density at radius 2 is 1.66 bits per heavy atom. The molecule has 0 saturated heterocycles. The molecule has 9 atom stereocenters. The third-order valence-corrected chi connectivity index (χ3v) is 11.1. The second kappa shape index (κ2) is 8.33. The van der Waals surface area contributed by atoms with Crippen molar-refractivity contribution in [1.29, 1.82) is 0 Å².